The number of hydrogen-bond acceptors (Lipinski definition) is 5. The molecule has 3 aliphatic rings. The highest BCUT2D eigenvalue weighted by Crippen LogP contribution is 2.66. The Bertz CT molecular complexity index is 798. The molecular weight excluding hydrogens is 369 g/mol. The summed E-state index contributed by atoms with van der Waals surface area (Å²) in [6.07, 6.45) is -2.99. The molecule has 2 aliphatic heterocycles. The number of halogens is 3. The van der Waals surface area contributed by atoms with Crippen molar-refractivity contribution in [1.29, 1.82) is 0 Å². The second-order valence-corrected chi connectivity index (χ2v) is 9.14. The lowest BCUT2D eigenvalue weighted by Crippen LogP contribution is -2.47. The highest BCUT2D eigenvalue weighted by atomic mass is 19.4. The van der Waals surface area contributed by atoms with Crippen molar-refractivity contribution in [3.05, 3.63) is 11.8 Å². The molecule has 0 spiro atoms. The normalized spacial score (nSPS) is 32.8. The lowest BCUT2D eigenvalue weighted by atomic mass is 9.93. The van der Waals surface area contributed by atoms with Crippen LogP contribution >= 0.6 is 0 Å². The number of aromatic nitrogens is 2. The Labute approximate surface area is 163 Å². The number of Topliss-reactive ketones (excluding diaryl/α,β-unsaturated/α-hetero) is 1. The van der Waals surface area contributed by atoms with Gasteiger partial charge in [0.05, 0.1) is 0 Å². The Morgan fingerprint density at radius 1 is 1.39 bits per heavy atom. The topological polar surface area (TPSA) is 49.3 Å². The van der Waals surface area contributed by atoms with Crippen LogP contribution in [-0.2, 0) is 11.0 Å². The third kappa shape index (κ3) is 3.14. The number of ketones is 1. The number of piperidine rings is 1. The first-order chi connectivity index (χ1) is 13.0. The minimum absolute atomic E-state index is 0.0441. The van der Waals surface area contributed by atoms with E-state index >= 15 is 0 Å². The lowest BCUT2D eigenvalue weighted by molar-refractivity contribution is -0.141. The van der Waals surface area contributed by atoms with E-state index in [0.29, 0.717) is 49.6 Å². The van der Waals surface area contributed by atoms with E-state index < -0.39 is 11.9 Å². The molecule has 1 aliphatic carbocycles. The molecule has 5 atom stereocenters. The van der Waals surface area contributed by atoms with Gasteiger partial charge in [0, 0.05) is 38.2 Å². The lowest BCUT2D eigenvalue weighted by Gasteiger charge is -2.39. The number of hydrogen-bond donors (Lipinski definition) is 0. The van der Waals surface area contributed by atoms with E-state index in [2.05, 4.69) is 23.8 Å². The first-order valence-corrected chi connectivity index (χ1v) is 9.98. The molecule has 8 heteroatoms. The third-order valence-corrected chi connectivity index (χ3v) is 7.00. The standard InChI is InChI=1S/C20H27F3N4O/c1-11(7-13(3)28)17-14-9-26(10-19(14,17)4)16-8-15(20(21,22)23)24-18(25-16)27-6-5-12(27)2/h8,11-12,14,17H,5-7,9-10H2,1-4H3/t11?,12-,14+,17?,19+/m0/s1. The van der Waals surface area contributed by atoms with Crippen LogP contribution in [0.3, 0.4) is 0 Å². The minimum atomic E-state index is -4.49. The Kier molecular flexibility index (Phi) is 4.39. The number of carbonyl (C=O) groups is 1. The van der Waals surface area contributed by atoms with Crippen LogP contribution in [0.15, 0.2) is 6.07 Å². The van der Waals surface area contributed by atoms with Gasteiger partial charge in [-0.25, -0.2) is 4.98 Å². The maximum absolute atomic E-state index is 13.4. The average Bonchev–Trinajstić information content (AvgIpc) is 2.98. The van der Waals surface area contributed by atoms with E-state index in [1.807, 2.05) is 16.7 Å². The van der Waals surface area contributed by atoms with Crippen molar-refractivity contribution in [2.24, 2.45) is 23.2 Å². The van der Waals surface area contributed by atoms with Gasteiger partial charge < -0.3 is 14.6 Å². The molecule has 1 aromatic rings. The van der Waals surface area contributed by atoms with Gasteiger partial charge in [-0.2, -0.15) is 18.2 Å². The number of anilines is 2. The zero-order chi connectivity index (χ0) is 20.4. The largest absolute Gasteiger partial charge is 0.433 e. The van der Waals surface area contributed by atoms with Crippen LogP contribution in [-0.4, -0.2) is 41.4 Å². The van der Waals surface area contributed by atoms with E-state index in [1.165, 1.54) is 0 Å². The molecule has 0 aromatic carbocycles. The maximum atomic E-state index is 13.4. The van der Waals surface area contributed by atoms with E-state index in [-0.39, 0.29) is 23.2 Å². The zero-order valence-corrected chi connectivity index (χ0v) is 16.8. The Balaban J connectivity index is 1.56. The second kappa shape index (κ2) is 6.32. The van der Waals surface area contributed by atoms with Gasteiger partial charge in [0.1, 0.15) is 11.6 Å². The first kappa shape index (κ1) is 19.5. The van der Waals surface area contributed by atoms with Crippen molar-refractivity contribution < 1.29 is 18.0 Å². The molecule has 0 radical (unpaired) electrons. The van der Waals surface area contributed by atoms with Crippen molar-refractivity contribution in [3.63, 3.8) is 0 Å². The summed E-state index contributed by atoms with van der Waals surface area (Å²) in [5, 5.41) is 0. The van der Waals surface area contributed by atoms with Gasteiger partial charge in [-0.15, -0.1) is 0 Å². The van der Waals surface area contributed by atoms with Crippen LogP contribution in [0.1, 0.15) is 46.2 Å². The van der Waals surface area contributed by atoms with E-state index in [0.717, 1.165) is 12.5 Å². The molecule has 4 rings (SSSR count). The molecule has 2 unspecified atom stereocenters. The molecule has 5 nitrogen and oxygen atoms in total. The van der Waals surface area contributed by atoms with Crippen molar-refractivity contribution in [2.45, 2.75) is 52.8 Å². The quantitative estimate of drug-likeness (QED) is 0.758. The molecule has 1 saturated carbocycles. The number of fused-ring (bicyclic) bond motifs is 1. The fourth-order valence-electron chi connectivity index (χ4n) is 5.43. The van der Waals surface area contributed by atoms with Gasteiger partial charge in [-0.3, -0.25) is 0 Å². The van der Waals surface area contributed by atoms with Crippen LogP contribution < -0.4 is 9.80 Å². The van der Waals surface area contributed by atoms with Crippen LogP contribution in [0.25, 0.3) is 0 Å². The number of nitrogens with zero attached hydrogens (tertiary/aromatic N) is 4. The van der Waals surface area contributed by atoms with Gasteiger partial charge in [-0.05, 0) is 43.4 Å². The number of rotatable bonds is 5. The van der Waals surface area contributed by atoms with Crippen molar-refractivity contribution in [2.75, 3.05) is 29.4 Å². The number of carbonyl (C=O) groups excluding carboxylic acids is 1. The zero-order valence-electron chi connectivity index (χ0n) is 16.8. The van der Waals surface area contributed by atoms with Crippen LogP contribution in [0.2, 0.25) is 0 Å². The molecule has 154 valence electrons. The summed E-state index contributed by atoms with van der Waals surface area (Å²) in [4.78, 5) is 23.5. The molecule has 0 amide bonds. The Hall–Kier alpha value is -1.86. The molecule has 28 heavy (non-hydrogen) atoms. The van der Waals surface area contributed by atoms with Gasteiger partial charge in [-0.1, -0.05) is 13.8 Å². The predicted octanol–water partition coefficient (Wildman–Crippen LogP) is 3.78. The maximum Gasteiger partial charge on any atom is 0.433 e. The molecule has 3 fully saturated rings. The van der Waals surface area contributed by atoms with Gasteiger partial charge >= 0.3 is 6.18 Å². The second-order valence-electron chi connectivity index (χ2n) is 9.14. The average molecular weight is 396 g/mol. The Morgan fingerprint density at radius 3 is 2.57 bits per heavy atom. The van der Waals surface area contributed by atoms with Crippen molar-refractivity contribution >= 4 is 17.5 Å². The fraction of sp³-hybridized carbons (Fsp3) is 0.750. The molecule has 1 aromatic heterocycles. The van der Waals surface area contributed by atoms with E-state index in [4.69, 9.17) is 0 Å². The molecular formula is C20H27F3N4O. The number of alkyl halides is 3. The summed E-state index contributed by atoms with van der Waals surface area (Å²) in [7, 11) is 0. The van der Waals surface area contributed by atoms with Crippen LogP contribution in [0.4, 0.5) is 24.9 Å². The summed E-state index contributed by atoms with van der Waals surface area (Å²) in [6.45, 7) is 9.92. The summed E-state index contributed by atoms with van der Waals surface area (Å²) in [5.74, 6) is 1.89. The third-order valence-electron chi connectivity index (χ3n) is 7.00. The summed E-state index contributed by atoms with van der Waals surface area (Å²) in [6, 6.07) is 1.24. The first-order valence-electron chi connectivity index (χ1n) is 9.98. The highest BCUT2D eigenvalue weighted by molar-refractivity contribution is 5.75. The van der Waals surface area contributed by atoms with Crippen molar-refractivity contribution in [3.8, 4) is 0 Å². The molecule has 0 bridgehead atoms. The minimum Gasteiger partial charge on any atom is -0.356 e. The van der Waals surface area contributed by atoms with E-state index in [9.17, 15) is 18.0 Å². The predicted molar refractivity (Wildman–Crippen MR) is 100 cm³/mol. The summed E-state index contributed by atoms with van der Waals surface area (Å²) < 4.78 is 40.2. The Morgan fingerprint density at radius 2 is 2.11 bits per heavy atom. The summed E-state index contributed by atoms with van der Waals surface area (Å²) in [5.41, 5.74) is -0.832. The highest BCUT2D eigenvalue weighted by Gasteiger charge is 2.67. The van der Waals surface area contributed by atoms with Gasteiger partial charge in [0.15, 0.2) is 5.69 Å². The molecule has 0 N–H and O–H groups in total. The SMILES string of the molecule is CC(=O)CC(C)C1[C@H]2CN(c3cc(C(F)(F)F)nc(N4CC[C@@H]4C)n3)C[C@@]12C. The van der Waals surface area contributed by atoms with Gasteiger partial charge in [0.25, 0.3) is 0 Å². The monoisotopic (exact) mass is 396 g/mol. The molecule has 3 heterocycles. The van der Waals surface area contributed by atoms with Crippen LogP contribution in [0, 0.1) is 23.2 Å². The van der Waals surface area contributed by atoms with Crippen molar-refractivity contribution in [1.82, 2.24) is 9.97 Å². The van der Waals surface area contributed by atoms with E-state index in [1.54, 1.807) is 6.92 Å². The molecule has 2 saturated heterocycles. The smallest absolute Gasteiger partial charge is 0.356 e. The van der Waals surface area contributed by atoms with Gasteiger partial charge in [0.2, 0.25) is 5.95 Å². The fourth-order valence-corrected chi connectivity index (χ4v) is 5.43. The van der Waals surface area contributed by atoms with Crippen LogP contribution in [0.5, 0.6) is 0 Å². The summed E-state index contributed by atoms with van der Waals surface area (Å²) >= 11 is 0.